The van der Waals surface area contributed by atoms with Crippen LogP contribution in [0.1, 0.15) is 23.6 Å². The fraction of sp³-hybridized carbons (Fsp3) is 0.0204. The molecular weight excluding hydrogens is 617 g/mol. The standard InChI is InChI=1S/C49H36N2/c1-34(36-19-25-41(26-20-36)47-17-7-12-39-10-3-5-15-45(39)47)32-49(43-29-23-38(24-30-43)44-14-9-31-50-33-44)51-35(2)37-21-27-42(28-22-37)48-18-8-13-40-11-4-6-16-46(40)48/h3-33H,1H2,2H3/b49-32-,51-35?. The maximum Gasteiger partial charge on any atom is 0.0711 e. The summed E-state index contributed by atoms with van der Waals surface area (Å²) in [5, 5.41) is 4.98. The highest BCUT2D eigenvalue weighted by Crippen LogP contribution is 2.32. The van der Waals surface area contributed by atoms with Crippen molar-refractivity contribution in [1.29, 1.82) is 0 Å². The molecule has 8 rings (SSSR count). The topological polar surface area (TPSA) is 25.2 Å². The van der Waals surface area contributed by atoms with Crippen LogP contribution in [-0.4, -0.2) is 10.7 Å². The largest absolute Gasteiger partial charge is 0.264 e. The molecule has 0 atom stereocenters. The van der Waals surface area contributed by atoms with E-state index >= 15 is 0 Å². The molecule has 1 aromatic heterocycles. The van der Waals surface area contributed by atoms with Gasteiger partial charge in [-0.15, -0.1) is 0 Å². The summed E-state index contributed by atoms with van der Waals surface area (Å²) in [6.07, 6.45) is 5.78. The minimum Gasteiger partial charge on any atom is -0.264 e. The van der Waals surface area contributed by atoms with Gasteiger partial charge in [-0.05, 0) is 90.7 Å². The summed E-state index contributed by atoms with van der Waals surface area (Å²) in [4.78, 5) is 9.54. The number of hydrogen-bond donors (Lipinski definition) is 0. The molecule has 0 N–H and O–H groups in total. The smallest absolute Gasteiger partial charge is 0.0711 e. The molecule has 51 heavy (non-hydrogen) atoms. The molecule has 7 aromatic carbocycles. The molecule has 0 aliphatic rings. The summed E-state index contributed by atoms with van der Waals surface area (Å²) in [6, 6.07) is 60.0. The van der Waals surface area contributed by atoms with E-state index in [1.54, 1.807) is 6.20 Å². The highest BCUT2D eigenvalue weighted by atomic mass is 14.8. The van der Waals surface area contributed by atoms with Crippen molar-refractivity contribution < 1.29 is 0 Å². The van der Waals surface area contributed by atoms with Gasteiger partial charge < -0.3 is 0 Å². The number of aliphatic imine (C=N–C) groups is 1. The highest BCUT2D eigenvalue weighted by Gasteiger charge is 2.10. The quantitative estimate of drug-likeness (QED) is 0.118. The fourth-order valence-electron chi connectivity index (χ4n) is 6.75. The summed E-state index contributed by atoms with van der Waals surface area (Å²) >= 11 is 0. The van der Waals surface area contributed by atoms with Gasteiger partial charge in [-0.25, -0.2) is 0 Å². The van der Waals surface area contributed by atoms with Gasteiger partial charge in [0, 0.05) is 23.7 Å². The maximum atomic E-state index is 5.24. The SMILES string of the molecule is C=C(/C=C(\N=C(C)c1ccc(-c2cccc3ccccc23)cc1)c1ccc(-c2cccnc2)cc1)c1ccc(-c2cccc3ccccc23)cc1. The van der Waals surface area contributed by atoms with Gasteiger partial charge in [-0.3, -0.25) is 9.98 Å². The Hall–Kier alpha value is -6.64. The van der Waals surface area contributed by atoms with E-state index in [0.29, 0.717) is 0 Å². The molecule has 2 nitrogen and oxygen atoms in total. The Balaban J connectivity index is 1.13. The third kappa shape index (κ3) is 6.68. The Morgan fingerprint density at radius 1 is 0.490 bits per heavy atom. The van der Waals surface area contributed by atoms with Crippen LogP contribution in [0.25, 0.3) is 66.2 Å². The van der Waals surface area contributed by atoms with Crippen LogP contribution >= 0.6 is 0 Å². The summed E-state index contributed by atoms with van der Waals surface area (Å²) < 4.78 is 0. The molecule has 0 spiro atoms. The number of pyridine rings is 1. The monoisotopic (exact) mass is 652 g/mol. The number of aromatic nitrogens is 1. The van der Waals surface area contributed by atoms with E-state index in [0.717, 1.165) is 44.8 Å². The minimum atomic E-state index is 0.853. The zero-order valence-electron chi connectivity index (χ0n) is 28.5. The van der Waals surface area contributed by atoms with Crippen molar-refractivity contribution in [3.05, 3.63) is 212 Å². The molecule has 0 saturated heterocycles. The van der Waals surface area contributed by atoms with Crippen molar-refractivity contribution in [3.63, 3.8) is 0 Å². The van der Waals surface area contributed by atoms with Gasteiger partial charge >= 0.3 is 0 Å². The van der Waals surface area contributed by atoms with Crippen molar-refractivity contribution in [2.45, 2.75) is 6.92 Å². The summed E-state index contributed by atoms with van der Waals surface area (Å²) in [7, 11) is 0. The second-order valence-corrected chi connectivity index (χ2v) is 12.8. The fourth-order valence-corrected chi connectivity index (χ4v) is 6.75. The first-order valence-electron chi connectivity index (χ1n) is 17.2. The van der Waals surface area contributed by atoms with E-state index < -0.39 is 0 Å². The van der Waals surface area contributed by atoms with Gasteiger partial charge in [0.15, 0.2) is 0 Å². The molecule has 0 aliphatic carbocycles. The molecule has 0 radical (unpaired) electrons. The Kier molecular flexibility index (Phi) is 8.72. The van der Waals surface area contributed by atoms with Gasteiger partial charge in [0.25, 0.3) is 0 Å². The zero-order chi connectivity index (χ0) is 34.6. The Morgan fingerprint density at radius 2 is 1.00 bits per heavy atom. The Bertz CT molecular complexity index is 2550. The van der Waals surface area contributed by atoms with Gasteiger partial charge in [-0.1, -0.05) is 170 Å². The lowest BCUT2D eigenvalue weighted by molar-refractivity contribution is 1.33. The van der Waals surface area contributed by atoms with E-state index in [-0.39, 0.29) is 0 Å². The first-order chi connectivity index (χ1) is 25.1. The first kappa shape index (κ1) is 31.6. The molecule has 1 heterocycles. The van der Waals surface area contributed by atoms with Crippen LogP contribution in [0.5, 0.6) is 0 Å². The second-order valence-electron chi connectivity index (χ2n) is 12.8. The average Bonchev–Trinajstić information content (AvgIpc) is 3.20. The Labute approximate surface area is 299 Å². The summed E-state index contributed by atoms with van der Waals surface area (Å²) in [6.45, 7) is 6.58. The molecule has 8 aromatic rings. The molecule has 2 heteroatoms. The van der Waals surface area contributed by atoms with E-state index in [1.807, 2.05) is 12.3 Å². The minimum absolute atomic E-state index is 0.853. The van der Waals surface area contributed by atoms with Crippen LogP contribution in [0.4, 0.5) is 0 Å². The van der Waals surface area contributed by atoms with Crippen molar-refractivity contribution in [3.8, 4) is 33.4 Å². The van der Waals surface area contributed by atoms with Crippen molar-refractivity contribution in [1.82, 2.24) is 4.98 Å². The summed E-state index contributed by atoms with van der Waals surface area (Å²) in [5.41, 5.74) is 12.8. The number of fused-ring (bicyclic) bond motifs is 2. The molecule has 0 unspecified atom stereocenters. The lowest BCUT2D eigenvalue weighted by Crippen LogP contribution is -1.96. The predicted octanol–water partition coefficient (Wildman–Crippen LogP) is 13.0. The molecule has 0 saturated carbocycles. The third-order valence-corrected chi connectivity index (χ3v) is 9.53. The van der Waals surface area contributed by atoms with Gasteiger partial charge in [0.1, 0.15) is 0 Å². The second kappa shape index (κ2) is 14.1. The van der Waals surface area contributed by atoms with Crippen LogP contribution in [0.15, 0.2) is 200 Å². The normalized spacial score (nSPS) is 11.9. The van der Waals surface area contributed by atoms with Gasteiger partial charge in [0.2, 0.25) is 0 Å². The molecule has 0 bridgehead atoms. The average molecular weight is 653 g/mol. The van der Waals surface area contributed by atoms with E-state index in [1.165, 1.54) is 43.8 Å². The van der Waals surface area contributed by atoms with Crippen LogP contribution in [0.2, 0.25) is 0 Å². The van der Waals surface area contributed by atoms with E-state index in [9.17, 15) is 0 Å². The first-order valence-corrected chi connectivity index (χ1v) is 17.2. The third-order valence-electron chi connectivity index (χ3n) is 9.53. The molecule has 0 amide bonds. The number of rotatable bonds is 8. The number of allylic oxidation sites excluding steroid dienone is 2. The predicted molar refractivity (Wildman–Crippen MR) is 218 cm³/mol. The van der Waals surface area contributed by atoms with Crippen LogP contribution in [0, 0.1) is 0 Å². The number of benzene rings is 7. The highest BCUT2D eigenvalue weighted by molar-refractivity contribution is 6.04. The number of hydrogen-bond acceptors (Lipinski definition) is 2. The van der Waals surface area contributed by atoms with Gasteiger partial charge in [0.05, 0.1) is 5.70 Å². The lowest BCUT2D eigenvalue weighted by atomic mass is 9.96. The molecule has 242 valence electrons. The van der Waals surface area contributed by atoms with Crippen LogP contribution < -0.4 is 0 Å². The van der Waals surface area contributed by atoms with Crippen LogP contribution in [0.3, 0.4) is 0 Å². The van der Waals surface area contributed by atoms with Crippen molar-refractivity contribution >= 4 is 38.5 Å². The van der Waals surface area contributed by atoms with E-state index in [4.69, 9.17) is 4.99 Å². The Morgan fingerprint density at radius 3 is 1.57 bits per heavy atom. The zero-order valence-corrected chi connectivity index (χ0v) is 28.5. The lowest BCUT2D eigenvalue weighted by Gasteiger charge is -2.11. The molecule has 0 aliphatic heterocycles. The van der Waals surface area contributed by atoms with Crippen molar-refractivity contribution in [2.24, 2.45) is 4.99 Å². The van der Waals surface area contributed by atoms with Gasteiger partial charge in [-0.2, -0.15) is 0 Å². The van der Waals surface area contributed by atoms with E-state index in [2.05, 4.69) is 188 Å². The van der Waals surface area contributed by atoms with Crippen molar-refractivity contribution in [2.75, 3.05) is 0 Å². The molecular formula is C49H36N2. The summed E-state index contributed by atoms with van der Waals surface area (Å²) in [5.74, 6) is 0. The number of nitrogens with zero attached hydrogens (tertiary/aromatic N) is 2. The van der Waals surface area contributed by atoms with Crippen LogP contribution in [-0.2, 0) is 0 Å². The molecule has 0 fully saturated rings. The maximum absolute atomic E-state index is 5.24.